The highest BCUT2D eigenvalue weighted by Gasteiger charge is 2.10. The zero-order valence-corrected chi connectivity index (χ0v) is 9.00. The van der Waals surface area contributed by atoms with E-state index in [1.807, 2.05) is 19.9 Å². The SMILES string of the molecule is Cc1cc(-c2cc(C#N)n(C)n2)c(C)[nH]1. The number of aromatic nitrogens is 3. The second kappa shape index (κ2) is 3.28. The molecule has 2 aromatic rings. The van der Waals surface area contributed by atoms with Gasteiger partial charge in [0.25, 0.3) is 0 Å². The van der Waals surface area contributed by atoms with E-state index in [9.17, 15) is 0 Å². The number of nitriles is 1. The fraction of sp³-hybridized carbons (Fsp3) is 0.273. The van der Waals surface area contributed by atoms with Gasteiger partial charge in [0.15, 0.2) is 0 Å². The summed E-state index contributed by atoms with van der Waals surface area (Å²) in [6, 6.07) is 5.94. The molecular formula is C11H12N4. The lowest BCUT2D eigenvalue weighted by Crippen LogP contribution is -1.93. The first-order chi connectivity index (χ1) is 7.11. The standard InChI is InChI=1S/C11H12N4/c1-7-4-10(8(2)13-7)11-5-9(6-12)15(3)14-11/h4-5,13H,1-3H3. The molecule has 2 aromatic heterocycles. The zero-order chi connectivity index (χ0) is 11.0. The minimum Gasteiger partial charge on any atom is -0.362 e. The third-order valence-electron chi connectivity index (χ3n) is 2.42. The number of hydrogen-bond acceptors (Lipinski definition) is 2. The Morgan fingerprint density at radius 3 is 2.60 bits per heavy atom. The van der Waals surface area contributed by atoms with Crippen molar-refractivity contribution in [1.29, 1.82) is 5.26 Å². The number of nitrogens with zero attached hydrogens (tertiary/aromatic N) is 3. The third kappa shape index (κ3) is 1.52. The van der Waals surface area contributed by atoms with Gasteiger partial charge in [0, 0.05) is 30.1 Å². The topological polar surface area (TPSA) is 57.4 Å². The van der Waals surface area contributed by atoms with E-state index in [4.69, 9.17) is 5.26 Å². The maximum Gasteiger partial charge on any atom is 0.138 e. The van der Waals surface area contributed by atoms with Crippen LogP contribution in [0.4, 0.5) is 0 Å². The molecule has 0 spiro atoms. The molecule has 2 heterocycles. The summed E-state index contributed by atoms with van der Waals surface area (Å²) in [6.07, 6.45) is 0. The second-order valence-corrected chi connectivity index (χ2v) is 3.64. The van der Waals surface area contributed by atoms with Crippen molar-refractivity contribution in [3.63, 3.8) is 0 Å². The fourth-order valence-electron chi connectivity index (χ4n) is 1.69. The summed E-state index contributed by atoms with van der Waals surface area (Å²) in [6.45, 7) is 4.01. The molecule has 0 saturated heterocycles. The number of rotatable bonds is 1. The third-order valence-corrected chi connectivity index (χ3v) is 2.42. The van der Waals surface area contributed by atoms with Crippen LogP contribution in [0.3, 0.4) is 0 Å². The van der Waals surface area contributed by atoms with Gasteiger partial charge in [0.05, 0.1) is 5.69 Å². The summed E-state index contributed by atoms with van der Waals surface area (Å²) >= 11 is 0. The highest BCUT2D eigenvalue weighted by molar-refractivity contribution is 5.64. The summed E-state index contributed by atoms with van der Waals surface area (Å²) in [5.41, 5.74) is 4.66. The molecule has 0 amide bonds. The Kier molecular flexibility index (Phi) is 2.09. The van der Waals surface area contributed by atoms with Gasteiger partial charge in [-0.05, 0) is 19.9 Å². The van der Waals surface area contributed by atoms with Gasteiger partial charge in [-0.15, -0.1) is 0 Å². The van der Waals surface area contributed by atoms with Crippen LogP contribution in [0.5, 0.6) is 0 Å². The number of nitrogens with one attached hydrogen (secondary N) is 1. The molecule has 0 fully saturated rings. The molecule has 0 aliphatic carbocycles. The molecule has 1 N–H and O–H groups in total. The van der Waals surface area contributed by atoms with Crippen LogP contribution in [0.2, 0.25) is 0 Å². The van der Waals surface area contributed by atoms with Crippen molar-refractivity contribution in [2.45, 2.75) is 13.8 Å². The second-order valence-electron chi connectivity index (χ2n) is 3.64. The molecule has 0 aliphatic heterocycles. The molecule has 4 heteroatoms. The summed E-state index contributed by atoms with van der Waals surface area (Å²) < 4.78 is 1.59. The van der Waals surface area contributed by atoms with Gasteiger partial charge in [0.2, 0.25) is 0 Å². The molecule has 0 aliphatic rings. The van der Waals surface area contributed by atoms with Crippen LogP contribution in [0.15, 0.2) is 12.1 Å². The molecule has 0 atom stereocenters. The summed E-state index contributed by atoms with van der Waals surface area (Å²) in [7, 11) is 1.77. The van der Waals surface area contributed by atoms with E-state index in [0.29, 0.717) is 5.69 Å². The lowest BCUT2D eigenvalue weighted by atomic mass is 10.2. The van der Waals surface area contributed by atoms with Crippen LogP contribution in [0.1, 0.15) is 17.1 Å². The first-order valence-electron chi connectivity index (χ1n) is 4.72. The Morgan fingerprint density at radius 1 is 1.40 bits per heavy atom. The van der Waals surface area contributed by atoms with Crippen LogP contribution in [0.25, 0.3) is 11.3 Å². The van der Waals surface area contributed by atoms with Crippen LogP contribution in [-0.4, -0.2) is 14.8 Å². The van der Waals surface area contributed by atoms with Gasteiger partial charge >= 0.3 is 0 Å². The average molecular weight is 200 g/mol. The molecular weight excluding hydrogens is 188 g/mol. The first kappa shape index (κ1) is 9.53. The summed E-state index contributed by atoms with van der Waals surface area (Å²) in [5.74, 6) is 0. The molecule has 0 saturated carbocycles. The van der Waals surface area contributed by atoms with E-state index in [1.54, 1.807) is 17.8 Å². The normalized spacial score (nSPS) is 10.3. The Morgan fingerprint density at radius 2 is 2.13 bits per heavy atom. The number of hydrogen-bond donors (Lipinski definition) is 1. The quantitative estimate of drug-likeness (QED) is 0.764. The maximum absolute atomic E-state index is 8.83. The molecule has 4 nitrogen and oxygen atoms in total. The number of aromatic amines is 1. The molecule has 76 valence electrons. The van der Waals surface area contributed by atoms with Crippen LogP contribution in [-0.2, 0) is 7.05 Å². The monoisotopic (exact) mass is 200 g/mol. The highest BCUT2D eigenvalue weighted by atomic mass is 15.3. The van der Waals surface area contributed by atoms with Crippen LogP contribution in [0, 0.1) is 25.2 Å². The lowest BCUT2D eigenvalue weighted by Gasteiger charge is -1.92. The minimum atomic E-state index is 0.572. The van der Waals surface area contributed by atoms with Gasteiger partial charge in [-0.3, -0.25) is 4.68 Å². The predicted molar refractivity (Wildman–Crippen MR) is 57.2 cm³/mol. The zero-order valence-electron chi connectivity index (χ0n) is 9.00. The fourth-order valence-corrected chi connectivity index (χ4v) is 1.69. The summed E-state index contributed by atoms with van der Waals surface area (Å²) in [4.78, 5) is 3.22. The van der Waals surface area contributed by atoms with Gasteiger partial charge < -0.3 is 4.98 Å². The van der Waals surface area contributed by atoms with Gasteiger partial charge in [-0.1, -0.05) is 0 Å². The maximum atomic E-state index is 8.83. The van der Waals surface area contributed by atoms with Crippen molar-refractivity contribution in [2.24, 2.45) is 7.05 Å². The van der Waals surface area contributed by atoms with Crippen molar-refractivity contribution >= 4 is 0 Å². The predicted octanol–water partition coefficient (Wildman–Crippen LogP) is 1.90. The van der Waals surface area contributed by atoms with E-state index < -0.39 is 0 Å². The van der Waals surface area contributed by atoms with E-state index in [2.05, 4.69) is 16.2 Å². The van der Waals surface area contributed by atoms with Crippen molar-refractivity contribution in [1.82, 2.24) is 14.8 Å². The van der Waals surface area contributed by atoms with E-state index in [1.165, 1.54) is 0 Å². The van der Waals surface area contributed by atoms with Crippen molar-refractivity contribution in [3.8, 4) is 17.3 Å². The minimum absolute atomic E-state index is 0.572. The Labute approximate surface area is 88.2 Å². The Balaban J connectivity index is 2.55. The highest BCUT2D eigenvalue weighted by Crippen LogP contribution is 2.23. The molecule has 0 radical (unpaired) electrons. The Hall–Kier alpha value is -2.02. The lowest BCUT2D eigenvalue weighted by molar-refractivity contribution is 0.759. The smallest absolute Gasteiger partial charge is 0.138 e. The molecule has 15 heavy (non-hydrogen) atoms. The molecule has 2 rings (SSSR count). The first-order valence-corrected chi connectivity index (χ1v) is 4.72. The Bertz CT molecular complexity index is 539. The molecule has 0 aromatic carbocycles. The molecule has 0 bridgehead atoms. The van der Waals surface area contributed by atoms with E-state index >= 15 is 0 Å². The van der Waals surface area contributed by atoms with Crippen LogP contribution < -0.4 is 0 Å². The van der Waals surface area contributed by atoms with Crippen LogP contribution >= 0.6 is 0 Å². The van der Waals surface area contributed by atoms with Gasteiger partial charge in [0.1, 0.15) is 11.8 Å². The van der Waals surface area contributed by atoms with Crippen molar-refractivity contribution < 1.29 is 0 Å². The van der Waals surface area contributed by atoms with Gasteiger partial charge in [-0.2, -0.15) is 10.4 Å². The largest absolute Gasteiger partial charge is 0.362 e. The average Bonchev–Trinajstić information content (AvgIpc) is 2.69. The molecule has 0 unspecified atom stereocenters. The van der Waals surface area contributed by atoms with E-state index in [-0.39, 0.29) is 0 Å². The van der Waals surface area contributed by atoms with E-state index in [0.717, 1.165) is 22.6 Å². The summed E-state index contributed by atoms with van der Waals surface area (Å²) in [5, 5.41) is 13.1. The van der Waals surface area contributed by atoms with Crippen molar-refractivity contribution in [3.05, 3.63) is 29.2 Å². The number of H-pyrrole nitrogens is 1. The van der Waals surface area contributed by atoms with Gasteiger partial charge in [-0.25, -0.2) is 0 Å². The van der Waals surface area contributed by atoms with Crippen molar-refractivity contribution in [2.75, 3.05) is 0 Å². The number of aryl methyl sites for hydroxylation is 3.